The molecule has 0 spiro atoms. The van der Waals surface area contributed by atoms with Gasteiger partial charge in [0.05, 0.1) is 0 Å². The summed E-state index contributed by atoms with van der Waals surface area (Å²) in [4.78, 5) is 10.4. The molecule has 0 aromatic rings. The van der Waals surface area contributed by atoms with Crippen molar-refractivity contribution in [2.75, 3.05) is 0 Å². The van der Waals surface area contributed by atoms with Crippen molar-refractivity contribution in [3.05, 3.63) is 24.3 Å². The van der Waals surface area contributed by atoms with E-state index >= 15 is 0 Å². The van der Waals surface area contributed by atoms with Gasteiger partial charge in [0, 0.05) is 6.08 Å². The Morgan fingerprint density at radius 3 is 1.93 bits per heavy atom. The molecule has 2 saturated carbocycles. The number of hydrogen-bond donors (Lipinski definition) is 1. The van der Waals surface area contributed by atoms with Crippen LogP contribution in [0.25, 0.3) is 0 Å². The molecule has 1 N–H and O–H groups in total. The van der Waals surface area contributed by atoms with Crippen molar-refractivity contribution in [3.8, 4) is 0 Å². The fourth-order valence-corrected chi connectivity index (χ4v) is 5.58. The zero-order chi connectivity index (χ0) is 20.0. The first-order valence-corrected chi connectivity index (χ1v) is 12.2. The van der Waals surface area contributed by atoms with E-state index in [0.717, 1.165) is 30.1 Å². The number of carboxylic acids is 1. The highest BCUT2D eigenvalue weighted by molar-refractivity contribution is 5.80. The van der Waals surface area contributed by atoms with Crippen LogP contribution in [0.3, 0.4) is 0 Å². The first kappa shape index (κ1) is 23.2. The van der Waals surface area contributed by atoms with Gasteiger partial charge in [0.2, 0.25) is 0 Å². The first-order valence-electron chi connectivity index (χ1n) is 12.2. The van der Waals surface area contributed by atoms with Crippen molar-refractivity contribution in [2.24, 2.45) is 23.7 Å². The predicted molar refractivity (Wildman–Crippen MR) is 119 cm³/mol. The first-order chi connectivity index (χ1) is 13.7. The van der Waals surface area contributed by atoms with Crippen LogP contribution in [0.2, 0.25) is 0 Å². The van der Waals surface area contributed by atoms with E-state index in [0.29, 0.717) is 0 Å². The van der Waals surface area contributed by atoms with Gasteiger partial charge in [-0.05, 0) is 62.2 Å². The van der Waals surface area contributed by atoms with E-state index in [1.165, 1.54) is 102 Å². The van der Waals surface area contributed by atoms with Crippen LogP contribution in [0, 0.1) is 23.7 Å². The van der Waals surface area contributed by atoms with E-state index in [2.05, 4.69) is 13.0 Å². The lowest BCUT2D eigenvalue weighted by Gasteiger charge is -2.38. The van der Waals surface area contributed by atoms with Gasteiger partial charge >= 0.3 is 5.97 Å². The Labute approximate surface area is 173 Å². The van der Waals surface area contributed by atoms with Crippen LogP contribution in [0.15, 0.2) is 24.3 Å². The molecule has 0 unspecified atom stereocenters. The van der Waals surface area contributed by atoms with Gasteiger partial charge in [0.15, 0.2) is 0 Å². The Morgan fingerprint density at radius 2 is 1.36 bits per heavy atom. The van der Waals surface area contributed by atoms with E-state index in [1.807, 2.05) is 6.08 Å². The zero-order valence-corrected chi connectivity index (χ0v) is 18.3. The molecule has 0 aromatic carbocycles. The maximum Gasteiger partial charge on any atom is 0.328 e. The molecule has 28 heavy (non-hydrogen) atoms. The summed E-state index contributed by atoms with van der Waals surface area (Å²) in [5.41, 5.74) is 0. The SMILES string of the molecule is CCCCCCCC1CCC(C2CCC(CC/C=C/C=C/C(=O)O)CC2)CC1. The Hall–Kier alpha value is -1.05. The minimum absolute atomic E-state index is 0.871. The van der Waals surface area contributed by atoms with E-state index < -0.39 is 5.97 Å². The van der Waals surface area contributed by atoms with Crippen molar-refractivity contribution in [1.29, 1.82) is 0 Å². The summed E-state index contributed by atoms with van der Waals surface area (Å²) in [5, 5.41) is 8.57. The molecule has 0 aliphatic heterocycles. The van der Waals surface area contributed by atoms with Crippen molar-refractivity contribution >= 4 is 5.97 Å². The number of unbranched alkanes of at least 4 members (excludes halogenated alkanes) is 4. The smallest absolute Gasteiger partial charge is 0.328 e. The summed E-state index contributed by atoms with van der Waals surface area (Å²) in [6, 6.07) is 0. The quantitative estimate of drug-likeness (QED) is 0.209. The number of hydrogen-bond acceptors (Lipinski definition) is 1. The van der Waals surface area contributed by atoms with Crippen LogP contribution in [0.5, 0.6) is 0 Å². The second-order valence-electron chi connectivity index (χ2n) is 9.47. The molecular formula is C26H44O2. The molecule has 2 nitrogen and oxygen atoms in total. The molecule has 0 heterocycles. The monoisotopic (exact) mass is 388 g/mol. The number of aliphatic carboxylic acids is 1. The molecular weight excluding hydrogens is 344 g/mol. The van der Waals surface area contributed by atoms with Crippen LogP contribution >= 0.6 is 0 Å². The van der Waals surface area contributed by atoms with Gasteiger partial charge in [0.25, 0.3) is 0 Å². The van der Waals surface area contributed by atoms with E-state index in [4.69, 9.17) is 5.11 Å². The second-order valence-corrected chi connectivity index (χ2v) is 9.47. The highest BCUT2D eigenvalue weighted by atomic mass is 16.4. The molecule has 0 saturated heterocycles. The van der Waals surface area contributed by atoms with E-state index in [-0.39, 0.29) is 0 Å². The summed E-state index contributed by atoms with van der Waals surface area (Å²) in [6.07, 6.45) is 29.6. The molecule has 0 atom stereocenters. The maximum absolute atomic E-state index is 10.4. The summed E-state index contributed by atoms with van der Waals surface area (Å²) >= 11 is 0. The summed E-state index contributed by atoms with van der Waals surface area (Å²) in [7, 11) is 0. The van der Waals surface area contributed by atoms with Gasteiger partial charge in [-0.3, -0.25) is 0 Å². The Bertz CT molecular complexity index is 463. The minimum atomic E-state index is -0.871. The van der Waals surface area contributed by atoms with Crippen LogP contribution < -0.4 is 0 Å². The molecule has 0 amide bonds. The third-order valence-corrected chi connectivity index (χ3v) is 7.39. The van der Waals surface area contributed by atoms with Crippen LogP contribution in [0.1, 0.15) is 110 Å². The number of carbonyl (C=O) groups is 1. The lowest BCUT2D eigenvalue weighted by molar-refractivity contribution is -0.131. The minimum Gasteiger partial charge on any atom is -0.478 e. The van der Waals surface area contributed by atoms with Crippen molar-refractivity contribution in [3.63, 3.8) is 0 Å². The van der Waals surface area contributed by atoms with Crippen LogP contribution in [-0.2, 0) is 4.79 Å². The van der Waals surface area contributed by atoms with Gasteiger partial charge in [-0.15, -0.1) is 0 Å². The molecule has 0 aromatic heterocycles. The highest BCUT2D eigenvalue weighted by Gasteiger charge is 2.30. The summed E-state index contributed by atoms with van der Waals surface area (Å²) in [6.45, 7) is 2.30. The van der Waals surface area contributed by atoms with Crippen molar-refractivity contribution in [2.45, 2.75) is 110 Å². The Morgan fingerprint density at radius 1 is 0.786 bits per heavy atom. The normalized spacial score (nSPS) is 28.9. The molecule has 2 aliphatic carbocycles. The van der Waals surface area contributed by atoms with Crippen molar-refractivity contribution in [1.82, 2.24) is 0 Å². The highest BCUT2D eigenvalue weighted by Crippen LogP contribution is 2.43. The lowest BCUT2D eigenvalue weighted by Crippen LogP contribution is -2.25. The number of rotatable bonds is 12. The summed E-state index contributed by atoms with van der Waals surface area (Å²) < 4.78 is 0. The average Bonchev–Trinajstić information content (AvgIpc) is 2.71. The third-order valence-electron chi connectivity index (χ3n) is 7.39. The molecule has 2 heteroatoms. The largest absolute Gasteiger partial charge is 0.478 e. The van der Waals surface area contributed by atoms with Gasteiger partial charge in [-0.2, -0.15) is 0 Å². The number of carboxylic acid groups (broad SMARTS) is 1. The maximum atomic E-state index is 10.4. The molecule has 2 rings (SSSR count). The second kappa shape index (κ2) is 14.0. The van der Waals surface area contributed by atoms with Gasteiger partial charge in [-0.25, -0.2) is 4.79 Å². The van der Waals surface area contributed by atoms with Crippen molar-refractivity contribution < 1.29 is 9.90 Å². The van der Waals surface area contributed by atoms with Crippen LogP contribution in [0.4, 0.5) is 0 Å². The Balaban J connectivity index is 1.53. The molecule has 0 bridgehead atoms. The Kier molecular flexibility index (Phi) is 11.6. The topological polar surface area (TPSA) is 37.3 Å². The fraction of sp³-hybridized carbons (Fsp3) is 0.808. The molecule has 2 aliphatic rings. The lowest BCUT2D eigenvalue weighted by atomic mass is 9.68. The standard InChI is InChI=1S/C26H44O2/c1-2-3-4-5-8-11-22-14-18-24(19-15-22)25-20-16-23(17-21-25)12-9-6-7-10-13-26(27)28/h6-7,10,13,22-25H,2-5,8-9,11-12,14-21H2,1H3,(H,27,28)/b7-6+,13-10+. The van der Waals surface area contributed by atoms with E-state index in [9.17, 15) is 4.79 Å². The average molecular weight is 389 g/mol. The van der Waals surface area contributed by atoms with Gasteiger partial charge in [-0.1, -0.05) is 89.4 Å². The predicted octanol–water partition coefficient (Wildman–Crippen LogP) is 7.94. The van der Waals surface area contributed by atoms with E-state index in [1.54, 1.807) is 6.08 Å². The summed E-state index contributed by atoms with van der Waals surface area (Å²) in [5.74, 6) is 3.10. The van der Waals surface area contributed by atoms with Gasteiger partial charge < -0.3 is 5.11 Å². The third kappa shape index (κ3) is 9.43. The molecule has 2 fully saturated rings. The molecule has 160 valence electrons. The number of allylic oxidation sites excluding steroid dienone is 3. The zero-order valence-electron chi connectivity index (χ0n) is 18.3. The van der Waals surface area contributed by atoms with Crippen LogP contribution in [-0.4, -0.2) is 11.1 Å². The molecule has 0 radical (unpaired) electrons. The van der Waals surface area contributed by atoms with Gasteiger partial charge in [0.1, 0.15) is 0 Å². The fourth-order valence-electron chi connectivity index (χ4n) is 5.58.